The second-order valence-electron chi connectivity index (χ2n) is 2.20. The topological polar surface area (TPSA) is 25.8 Å². The lowest BCUT2D eigenvalue weighted by molar-refractivity contribution is 1.27. The van der Waals surface area contributed by atoms with E-state index in [4.69, 9.17) is 0 Å². The van der Waals surface area contributed by atoms with Crippen LogP contribution in [0, 0.1) is 0 Å². The Labute approximate surface area is 72.4 Å². The summed E-state index contributed by atoms with van der Waals surface area (Å²) in [7, 11) is 0. The Balaban J connectivity index is 2.83. The van der Waals surface area contributed by atoms with Crippen molar-refractivity contribution in [2.24, 2.45) is 0 Å². The van der Waals surface area contributed by atoms with E-state index >= 15 is 0 Å². The zero-order valence-electron chi connectivity index (χ0n) is 5.66. The van der Waals surface area contributed by atoms with Gasteiger partial charge in [0.2, 0.25) is 0 Å². The van der Waals surface area contributed by atoms with Crippen molar-refractivity contribution in [2.45, 2.75) is 0 Å². The van der Waals surface area contributed by atoms with Crippen molar-refractivity contribution in [1.29, 1.82) is 0 Å². The molecule has 54 valence electrons. The molecule has 2 aromatic heterocycles. The molecule has 2 rings (SSSR count). The number of hydrogen-bond acceptors (Lipinski definition) is 2. The van der Waals surface area contributed by atoms with Crippen LogP contribution >= 0.6 is 15.9 Å². The first-order chi connectivity index (χ1) is 5.36. The van der Waals surface area contributed by atoms with Crippen LogP contribution in [0.5, 0.6) is 0 Å². The molecule has 0 spiro atoms. The number of hydrogen-bond donors (Lipinski definition) is 0. The molecule has 0 bridgehead atoms. The maximum Gasteiger partial charge on any atom is 0.106 e. The predicted molar refractivity (Wildman–Crippen MR) is 47.2 cm³/mol. The molecule has 2 aromatic rings. The van der Waals surface area contributed by atoms with Crippen molar-refractivity contribution in [3.05, 3.63) is 35.2 Å². The minimum absolute atomic E-state index is 0.845. The summed E-state index contributed by atoms with van der Waals surface area (Å²) < 4.78 is 0.845. The quantitative estimate of drug-likeness (QED) is 0.622. The third-order valence-electron chi connectivity index (χ3n) is 1.46. The summed E-state index contributed by atoms with van der Waals surface area (Å²) in [6.45, 7) is 0. The molecule has 0 aliphatic carbocycles. The molecule has 0 fully saturated rings. The average molecular weight is 209 g/mol. The molecule has 0 aromatic carbocycles. The molecule has 0 aliphatic heterocycles. The predicted octanol–water partition coefficient (Wildman–Crippen LogP) is 2.39. The lowest BCUT2D eigenvalue weighted by Crippen LogP contribution is -1.79. The molecular weight excluding hydrogens is 204 g/mol. The highest BCUT2D eigenvalue weighted by Crippen LogP contribution is 2.13. The molecule has 0 amide bonds. The molecular formula is C8H5BrN2. The van der Waals surface area contributed by atoms with E-state index in [1.54, 1.807) is 12.4 Å². The van der Waals surface area contributed by atoms with E-state index in [9.17, 15) is 0 Å². The standard InChI is InChI=1S/C8H5BrN2/c9-8-4-6-2-1-3-10-7(6)5-11-8/h1-5H. The Morgan fingerprint density at radius 2 is 2.18 bits per heavy atom. The zero-order valence-corrected chi connectivity index (χ0v) is 7.25. The average Bonchev–Trinajstić information content (AvgIpc) is 2.04. The Bertz CT molecular complexity index is 387. The SMILES string of the molecule is Brc1cc2cccnc2cn1. The van der Waals surface area contributed by atoms with E-state index < -0.39 is 0 Å². The smallest absolute Gasteiger partial charge is 0.106 e. The van der Waals surface area contributed by atoms with Gasteiger partial charge in [-0.15, -0.1) is 0 Å². The Hall–Kier alpha value is -0.960. The number of nitrogens with zero attached hydrogens (tertiary/aromatic N) is 2. The van der Waals surface area contributed by atoms with Gasteiger partial charge >= 0.3 is 0 Å². The summed E-state index contributed by atoms with van der Waals surface area (Å²) in [5.74, 6) is 0. The van der Waals surface area contributed by atoms with Crippen molar-refractivity contribution < 1.29 is 0 Å². The molecule has 2 heterocycles. The van der Waals surface area contributed by atoms with E-state index in [2.05, 4.69) is 25.9 Å². The normalized spacial score (nSPS) is 10.3. The van der Waals surface area contributed by atoms with Crippen LogP contribution in [-0.2, 0) is 0 Å². The van der Waals surface area contributed by atoms with Gasteiger partial charge in [-0.1, -0.05) is 6.07 Å². The van der Waals surface area contributed by atoms with Crippen molar-refractivity contribution in [2.75, 3.05) is 0 Å². The summed E-state index contributed by atoms with van der Waals surface area (Å²) in [5, 5.41) is 1.11. The Kier molecular flexibility index (Phi) is 1.58. The van der Waals surface area contributed by atoms with Gasteiger partial charge in [0.25, 0.3) is 0 Å². The van der Waals surface area contributed by atoms with E-state index in [0.29, 0.717) is 0 Å². The van der Waals surface area contributed by atoms with Gasteiger partial charge in [-0.25, -0.2) is 4.98 Å². The number of fused-ring (bicyclic) bond motifs is 1. The molecule has 3 heteroatoms. The number of aromatic nitrogens is 2. The van der Waals surface area contributed by atoms with Crippen LogP contribution in [0.3, 0.4) is 0 Å². The van der Waals surface area contributed by atoms with Gasteiger partial charge in [-0.05, 0) is 28.1 Å². The fraction of sp³-hybridized carbons (Fsp3) is 0. The first kappa shape index (κ1) is 6.73. The third kappa shape index (κ3) is 1.24. The first-order valence-electron chi connectivity index (χ1n) is 3.22. The Morgan fingerprint density at radius 1 is 1.27 bits per heavy atom. The van der Waals surface area contributed by atoms with Crippen LogP contribution in [0.4, 0.5) is 0 Å². The largest absolute Gasteiger partial charge is 0.255 e. The highest BCUT2D eigenvalue weighted by atomic mass is 79.9. The minimum atomic E-state index is 0.845. The van der Waals surface area contributed by atoms with Crippen molar-refractivity contribution in [3.8, 4) is 0 Å². The number of halogens is 1. The van der Waals surface area contributed by atoms with Crippen LogP contribution in [0.25, 0.3) is 10.9 Å². The number of rotatable bonds is 0. The molecule has 0 unspecified atom stereocenters. The highest BCUT2D eigenvalue weighted by Gasteiger charge is 1.93. The molecule has 11 heavy (non-hydrogen) atoms. The maximum absolute atomic E-state index is 4.14. The third-order valence-corrected chi connectivity index (χ3v) is 1.89. The summed E-state index contributed by atoms with van der Waals surface area (Å²) in [6, 6.07) is 5.87. The molecule has 0 N–H and O–H groups in total. The summed E-state index contributed by atoms with van der Waals surface area (Å²) >= 11 is 3.29. The second kappa shape index (κ2) is 2.58. The van der Waals surface area contributed by atoms with Gasteiger partial charge in [0.05, 0.1) is 11.7 Å². The van der Waals surface area contributed by atoms with E-state index in [0.717, 1.165) is 15.5 Å². The van der Waals surface area contributed by atoms with Crippen LogP contribution in [0.1, 0.15) is 0 Å². The first-order valence-corrected chi connectivity index (χ1v) is 4.02. The highest BCUT2D eigenvalue weighted by molar-refractivity contribution is 9.10. The second-order valence-corrected chi connectivity index (χ2v) is 3.02. The maximum atomic E-state index is 4.14. The molecule has 0 saturated heterocycles. The van der Waals surface area contributed by atoms with E-state index in [-0.39, 0.29) is 0 Å². The van der Waals surface area contributed by atoms with Gasteiger partial charge in [0.15, 0.2) is 0 Å². The van der Waals surface area contributed by atoms with Crippen LogP contribution in [-0.4, -0.2) is 9.97 Å². The van der Waals surface area contributed by atoms with Gasteiger partial charge in [-0.3, -0.25) is 4.98 Å². The van der Waals surface area contributed by atoms with E-state index in [1.807, 2.05) is 18.2 Å². The zero-order chi connectivity index (χ0) is 7.68. The molecule has 0 saturated carbocycles. The summed E-state index contributed by atoms with van der Waals surface area (Å²) in [4.78, 5) is 8.20. The van der Waals surface area contributed by atoms with Gasteiger partial charge in [-0.2, -0.15) is 0 Å². The van der Waals surface area contributed by atoms with Crippen LogP contribution in [0.15, 0.2) is 35.2 Å². The summed E-state index contributed by atoms with van der Waals surface area (Å²) in [6.07, 6.45) is 3.51. The minimum Gasteiger partial charge on any atom is -0.255 e. The molecule has 0 aliphatic rings. The van der Waals surface area contributed by atoms with Crippen LogP contribution in [0.2, 0.25) is 0 Å². The number of pyridine rings is 2. The summed E-state index contributed by atoms with van der Waals surface area (Å²) in [5.41, 5.74) is 0.927. The van der Waals surface area contributed by atoms with Crippen molar-refractivity contribution in [1.82, 2.24) is 9.97 Å². The molecule has 0 radical (unpaired) electrons. The lowest BCUT2D eigenvalue weighted by Gasteiger charge is -1.94. The van der Waals surface area contributed by atoms with Crippen molar-refractivity contribution in [3.63, 3.8) is 0 Å². The van der Waals surface area contributed by atoms with Crippen LogP contribution < -0.4 is 0 Å². The lowest BCUT2D eigenvalue weighted by atomic mass is 10.3. The molecule has 2 nitrogen and oxygen atoms in total. The molecule has 0 atom stereocenters. The van der Waals surface area contributed by atoms with Gasteiger partial charge in [0, 0.05) is 11.6 Å². The van der Waals surface area contributed by atoms with Gasteiger partial charge < -0.3 is 0 Å². The van der Waals surface area contributed by atoms with Gasteiger partial charge in [0.1, 0.15) is 4.60 Å². The van der Waals surface area contributed by atoms with E-state index in [1.165, 1.54) is 0 Å². The monoisotopic (exact) mass is 208 g/mol. The fourth-order valence-electron chi connectivity index (χ4n) is 0.948. The Morgan fingerprint density at radius 3 is 3.09 bits per heavy atom. The fourth-order valence-corrected chi connectivity index (χ4v) is 1.30. The van der Waals surface area contributed by atoms with Crippen molar-refractivity contribution >= 4 is 26.8 Å².